The number of hydrogen-bond acceptors (Lipinski definition) is 4. The van der Waals surface area contributed by atoms with E-state index in [2.05, 4.69) is 0 Å². The minimum Gasteiger partial charge on any atom is -0.376 e. The highest BCUT2D eigenvalue weighted by Crippen LogP contribution is 2.45. The Bertz CT molecular complexity index is 1120. The van der Waals surface area contributed by atoms with Crippen molar-refractivity contribution in [2.75, 3.05) is 0 Å². The highest BCUT2D eigenvalue weighted by atomic mass is 32.2. The van der Waals surface area contributed by atoms with E-state index in [0.29, 0.717) is 5.56 Å². The standard InChI is InChI=1S/C24H22O4S/c1-17-16-22(25)24(26,23(17)29(27,28)21-10-6-3-7-11-21)20-14-12-19(13-15-20)18-8-4-2-5-9-18/h2-15,17,23,26H,16H2,1H3/t17-,23+,24-/m1/s1. The lowest BCUT2D eigenvalue weighted by molar-refractivity contribution is -0.133. The van der Waals surface area contributed by atoms with E-state index in [1.807, 2.05) is 42.5 Å². The van der Waals surface area contributed by atoms with Crippen molar-refractivity contribution in [3.05, 3.63) is 90.5 Å². The van der Waals surface area contributed by atoms with Crippen molar-refractivity contribution in [2.45, 2.75) is 29.1 Å². The predicted molar refractivity (Wildman–Crippen MR) is 112 cm³/mol. The van der Waals surface area contributed by atoms with Gasteiger partial charge in [0, 0.05) is 6.42 Å². The molecule has 0 saturated heterocycles. The number of ketones is 1. The van der Waals surface area contributed by atoms with Crippen molar-refractivity contribution < 1.29 is 18.3 Å². The minimum absolute atomic E-state index is 0.0215. The van der Waals surface area contributed by atoms with Crippen molar-refractivity contribution in [3.8, 4) is 11.1 Å². The highest BCUT2D eigenvalue weighted by Gasteiger charge is 2.59. The van der Waals surface area contributed by atoms with Crippen LogP contribution >= 0.6 is 0 Å². The molecule has 0 aliphatic heterocycles. The first-order valence-corrected chi connectivity index (χ1v) is 11.1. The molecule has 0 spiro atoms. The second-order valence-corrected chi connectivity index (χ2v) is 9.66. The van der Waals surface area contributed by atoms with Crippen LogP contribution < -0.4 is 0 Å². The number of carbonyl (C=O) groups is 1. The van der Waals surface area contributed by atoms with Crippen LogP contribution in [0.5, 0.6) is 0 Å². The molecule has 4 rings (SSSR count). The molecule has 0 bridgehead atoms. The molecule has 0 heterocycles. The molecule has 0 unspecified atom stereocenters. The monoisotopic (exact) mass is 406 g/mol. The summed E-state index contributed by atoms with van der Waals surface area (Å²) in [5, 5.41) is 10.3. The molecule has 0 amide bonds. The van der Waals surface area contributed by atoms with Gasteiger partial charge in [-0.2, -0.15) is 0 Å². The van der Waals surface area contributed by atoms with Gasteiger partial charge in [0.25, 0.3) is 0 Å². The fraction of sp³-hybridized carbons (Fsp3) is 0.208. The summed E-state index contributed by atoms with van der Waals surface area (Å²) >= 11 is 0. The normalized spacial score (nSPS) is 24.6. The van der Waals surface area contributed by atoms with Gasteiger partial charge in [0.2, 0.25) is 0 Å². The lowest BCUT2D eigenvalue weighted by Gasteiger charge is -2.30. The first-order chi connectivity index (χ1) is 13.8. The van der Waals surface area contributed by atoms with Crippen LogP contribution in [-0.4, -0.2) is 24.6 Å². The third kappa shape index (κ3) is 3.20. The molecule has 4 nitrogen and oxygen atoms in total. The molecule has 1 fully saturated rings. The molecule has 3 atom stereocenters. The average molecular weight is 407 g/mol. The van der Waals surface area contributed by atoms with Crippen LogP contribution in [0.2, 0.25) is 0 Å². The van der Waals surface area contributed by atoms with E-state index < -0.39 is 32.4 Å². The smallest absolute Gasteiger partial charge is 0.185 e. The number of carbonyl (C=O) groups excluding carboxylic acids is 1. The van der Waals surface area contributed by atoms with Gasteiger partial charge in [-0.1, -0.05) is 79.7 Å². The first-order valence-electron chi connectivity index (χ1n) is 9.55. The van der Waals surface area contributed by atoms with Gasteiger partial charge >= 0.3 is 0 Å². The van der Waals surface area contributed by atoms with E-state index in [4.69, 9.17) is 0 Å². The maximum Gasteiger partial charge on any atom is 0.185 e. The SMILES string of the molecule is C[C@@H]1CC(=O)[C@](O)(c2ccc(-c3ccccc3)cc2)[C@H]1S(=O)(=O)c1ccccc1. The maximum atomic E-state index is 13.4. The largest absolute Gasteiger partial charge is 0.376 e. The van der Waals surface area contributed by atoms with Crippen LogP contribution in [0.1, 0.15) is 18.9 Å². The van der Waals surface area contributed by atoms with Crippen LogP contribution in [0, 0.1) is 5.92 Å². The first kappa shape index (κ1) is 19.6. The molecule has 0 radical (unpaired) electrons. The minimum atomic E-state index is -3.91. The molecule has 3 aromatic rings. The Morgan fingerprint density at radius 2 is 1.34 bits per heavy atom. The molecular formula is C24H22O4S. The zero-order valence-electron chi connectivity index (χ0n) is 16.0. The summed E-state index contributed by atoms with van der Waals surface area (Å²) in [6.07, 6.45) is 0.0215. The van der Waals surface area contributed by atoms with Crippen molar-refractivity contribution in [1.82, 2.24) is 0 Å². The van der Waals surface area contributed by atoms with E-state index in [0.717, 1.165) is 11.1 Å². The van der Waals surface area contributed by atoms with Crippen molar-refractivity contribution in [3.63, 3.8) is 0 Å². The molecule has 5 heteroatoms. The second-order valence-electron chi connectivity index (χ2n) is 7.59. The van der Waals surface area contributed by atoms with Gasteiger partial charge in [0.15, 0.2) is 21.2 Å². The van der Waals surface area contributed by atoms with E-state index >= 15 is 0 Å². The van der Waals surface area contributed by atoms with Gasteiger partial charge in [0.1, 0.15) is 5.25 Å². The predicted octanol–water partition coefficient (Wildman–Crippen LogP) is 3.99. The zero-order chi connectivity index (χ0) is 20.6. The molecule has 148 valence electrons. The van der Waals surface area contributed by atoms with Crippen LogP contribution in [0.25, 0.3) is 11.1 Å². The third-order valence-corrected chi connectivity index (χ3v) is 8.10. The van der Waals surface area contributed by atoms with Crippen molar-refractivity contribution in [2.24, 2.45) is 5.92 Å². The van der Waals surface area contributed by atoms with E-state index in [9.17, 15) is 18.3 Å². The maximum absolute atomic E-state index is 13.4. The van der Waals surface area contributed by atoms with Crippen LogP contribution in [0.3, 0.4) is 0 Å². The Morgan fingerprint density at radius 3 is 1.93 bits per heavy atom. The summed E-state index contributed by atoms with van der Waals surface area (Å²) in [7, 11) is -3.91. The van der Waals surface area contributed by atoms with E-state index in [-0.39, 0.29) is 11.3 Å². The Hall–Kier alpha value is -2.76. The number of hydrogen-bond donors (Lipinski definition) is 1. The van der Waals surface area contributed by atoms with Gasteiger partial charge in [-0.05, 0) is 34.7 Å². The summed E-state index contributed by atoms with van der Waals surface area (Å²) in [6.45, 7) is 1.71. The number of sulfone groups is 1. The van der Waals surface area contributed by atoms with Crippen LogP contribution in [-0.2, 0) is 20.2 Å². The third-order valence-electron chi connectivity index (χ3n) is 5.70. The summed E-state index contributed by atoms with van der Waals surface area (Å²) < 4.78 is 26.7. The summed E-state index contributed by atoms with van der Waals surface area (Å²) in [4.78, 5) is 13.0. The van der Waals surface area contributed by atoms with Gasteiger partial charge in [-0.15, -0.1) is 0 Å². The van der Waals surface area contributed by atoms with Gasteiger partial charge < -0.3 is 5.11 Å². The summed E-state index contributed by atoms with van der Waals surface area (Å²) in [5.41, 5.74) is 0.184. The summed E-state index contributed by atoms with van der Waals surface area (Å²) in [5.74, 6) is -0.950. The lowest BCUT2D eigenvalue weighted by atomic mass is 9.89. The molecule has 0 aromatic heterocycles. The summed E-state index contributed by atoms with van der Waals surface area (Å²) in [6, 6.07) is 24.7. The Morgan fingerprint density at radius 1 is 0.828 bits per heavy atom. The molecule has 3 aromatic carbocycles. The molecule has 29 heavy (non-hydrogen) atoms. The average Bonchev–Trinajstić information content (AvgIpc) is 2.99. The molecule has 1 N–H and O–H groups in total. The number of aliphatic hydroxyl groups is 1. The fourth-order valence-corrected chi connectivity index (χ4v) is 6.54. The Kier molecular flexibility index (Phi) is 4.89. The highest BCUT2D eigenvalue weighted by molar-refractivity contribution is 7.92. The Balaban J connectivity index is 1.79. The number of rotatable bonds is 4. The van der Waals surface area contributed by atoms with Gasteiger partial charge in [-0.3, -0.25) is 4.79 Å². The topological polar surface area (TPSA) is 71.4 Å². The Labute approximate surface area is 170 Å². The number of Topliss-reactive ketones (excluding diaryl/α,β-unsaturated/α-hetero) is 1. The van der Waals surface area contributed by atoms with Crippen molar-refractivity contribution in [1.29, 1.82) is 0 Å². The zero-order valence-corrected chi connectivity index (χ0v) is 16.8. The quantitative estimate of drug-likeness (QED) is 0.711. The van der Waals surface area contributed by atoms with E-state index in [1.54, 1.807) is 37.3 Å². The van der Waals surface area contributed by atoms with Crippen LogP contribution in [0.4, 0.5) is 0 Å². The van der Waals surface area contributed by atoms with Crippen LogP contribution in [0.15, 0.2) is 89.8 Å². The van der Waals surface area contributed by atoms with Gasteiger partial charge in [0.05, 0.1) is 4.90 Å². The molecule has 1 aliphatic rings. The molecular weight excluding hydrogens is 384 g/mol. The fourth-order valence-electron chi connectivity index (χ4n) is 4.29. The molecule has 1 aliphatic carbocycles. The molecule has 1 saturated carbocycles. The lowest BCUT2D eigenvalue weighted by Crippen LogP contribution is -2.46. The van der Waals surface area contributed by atoms with Crippen molar-refractivity contribution >= 4 is 15.6 Å². The number of benzene rings is 3. The van der Waals surface area contributed by atoms with E-state index in [1.165, 1.54) is 12.1 Å². The van der Waals surface area contributed by atoms with Gasteiger partial charge in [-0.25, -0.2) is 8.42 Å². The second kappa shape index (κ2) is 7.25.